The van der Waals surface area contributed by atoms with Crippen LogP contribution >= 0.6 is 11.8 Å². The van der Waals surface area contributed by atoms with Crippen molar-refractivity contribution >= 4 is 35.0 Å². The Morgan fingerprint density at radius 3 is 2.34 bits per heavy atom. The third-order valence-electron chi connectivity index (χ3n) is 4.03. The van der Waals surface area contributed by atoms with Gasteiger partial charge in [0.1, 0.15) is 0 Å². The van der Waals surface area contributed by atoms with Crippen LogP contribution in [0.4, 0.5) is 24.5 Å². The lowest BCUT2D eigenvalue weighted by Crippen LogP contribution is -2.22. The maximum absolute atomic E-state index is 12.8. The third-order valence-corrected chi connectivity index (χ3v) is 5.15. The summed E-state index contributed by atoms with van der Waals surface area (Å²) in [7, 11) is 0. The summed E-state index contributed by atoms with van der Waals surface area (Å²) in [6.07, 6.45) is -2.21. The first kappa shape index (κ1) is 22.8. The van der Waals surface area contributed by atoms with Crippen LogP contribution in [-0.2, 0) is 15.8 Å². The smallest absolute Gasteiger partial charge is 0.326 e. The van der Waals surface area contributed by atoms with E-state index in [0.717, 1.165) is 29.9 Å². The molecule has 0 radical (unpaired) electrons. The minimum atomic E-state index is -4.46. The molecule has 0 spiro atoms. The Morgan fingerprint density at radius 1 is 1.03 bits per heavy atom. The van der Waals surface area contributed by atoms with Crippen LogP contribution in [0.15, 0.2) is 53.4 Å². The topological polar surface area (TPSA) is 58.2 Å². The minimum absolute atomic E-state index is 0.0407. The van der Waals surface area contributed by atoms with Gasteiger partial charge < -0.3 is 10.6 Å². The molecule has 0 aliphatic carbocycles. The lowest BCUT2D eigenvalue weighted by Gasteiger charge is -2.14. The molecule has 0 fully saturated rings. The van der Waals surface area contributed by atoms with Gasteiger partial charge >= 0.3 is 6.18 Å². The van der Waals surface area contributed by atoms with E-state index in [9.17, 15) is 22.8 Å². The number of carbonyl (C=O) groups excluding carboxylic acids is 2. The van der Waals surface area contributed by atoms with Crippen LogP contribution in [0.3, 0.4) is 0 Å². The highest BCUT2D eigenvalue weighted by Gasteiger charge is 2.30. The Morgan fingerprint density at radius 2 is 1.72 bits per heavy atom. The number of unbranched alkanes of at least 4 members (excludes halogenated alkanes) is 1. The van der Waals surface area contributed by atoms with Crippen molar-refractivity contribution in [2.75, 3.05) is 10.6 Å². The standard InChI is InChI=1S/C21H23F3N2O2S/c1-3-4-8-19(27)25-16-9-11-18(12-10-16)29-14(2)20(28)26-17-7-5-6-15(13-17)21(22,23)24/h5-7,9-14H,3-4,8H2,1-2H3,(H,25,27)(H,26,28). The van der Waals surface area contributed by atoms with Gasteiger partial charge in [-0.1, -0.05) is 19.4 Å². The number of benzene rings is 2. The van der Waals surface area contributed by atoms with E-state index in [2.05, 4.69) is 10.6 Å². The Kier molecular flexibility index (Phi) is 8.13. The Bertz CT molecular complexity index is 839. The SMILES string of the molecule is CCCCC(=O)Nc1ccc(SC(C)C(=O)Nc2cccc(C(F)(F)F)c2)cc1. The van der Waals surface area contributed by atoms with Gasteiger partial charge in [-0.2, -0.15) is 13.2 Å². The molecule has 1 unspecified atom stereocenters. The van der Waals surface area contributed by atoms with Gasteiger partial charge in [-0.3, -0.25) is 9.59 Å². The normalized spacial score (nSPS) is 12.3. The maximum atomic E-state index is 12.8. The number of amides is 2. The number of rotatable bonds is 8. The molecule has 0 heterocycles. The highest BCUT2D eigenvalue weighted by molar-refractivity contribution is 8.00. The average Bonchev–Trinajstić information content (AvgIpc) is 2.67. The molecule has 0 bridgehead atoms. The highest BCUT2D eigenvalue weighted by Crippen LogP contribution is 2.31. The van der Waals surface area contributed by atoms with Gasteiger partial charge in [-0.25, -0.2) is 0 Å². The molecule has 4 nitrogen and oxygen atoms in total. The van der Waals surface area contributed by atoms with Gasteiger partial charge in [0.2, 0.25) is 11.8 Å². The zero-order chi connectivity index (χ0) is 21.4. The van der Waals surface area contributed by atoms with Crippen LogP contribution in [0.25, 0.3) is 0 Å². The molecule has 2 aromatic carbocycles. The van der Waals surface area contributed by atoms with Crippen molar-refractivity contribution in [3.63, 3.8) is 0 Å². The molecular weight excluding hydrogens is 401 g/mol. The molecule has 156 valence electrons. The number of nitrogens with one attached hydrogen (secondary N) is 2. The molecule has 2 amide bonds. The Hall–Kier alpha value is -2.48. The van der Waals surface area contributed by atoms with E-state index in [1.165, 1.54) is 23.9 Å². The van der Waals surface area contributed by atoms with E-state index in [1.807, 2.05) is 6.92 Å². The summed E-state index contributed by atoms with van der Waals surface area (Å²) in [5.74, 6) is -0.438. The van der Waals surface area contributed by atoms with Crippen LogP contribution in [-0.4, -0.2) is 17.1 Å². The van der Waals surface area contributed by atoms with Crippen molar-refractivity contribution in [1.29, 1.82) is 0 Å². The third kappa shape index (κ3) is 7.45. The summed E-state index contributed by atoms with van der Waals surface area (Å²) < 4.78 is 38.3. The van der Waals surface area contributed by atoms with Gasteiger partial charge in [0.25, 0.3) is 0 Å². The lowest BCUT2D eigenvalue weighted by molar-refractivity contribution is -0.137. The number of hydrogen-bond acceptors (Lipinski definition) is 3. The molecule has 2 aromatic rings. The first-order valence-electron chi connectivity index (χ1n) is 9.23. The second-order valence-electron chi connectivity index (χ2n) is 6.50. The van der Waals surface area contributed by atoms with Crippen molar-refractivity contribution in [2.24, 2.45) is 0 Å². The van der Waals surface area contributed by atoms with Crippen LogP contribution in [0, 0.1) is 0 Å². The quantitative estimate of drug-likeness (QED) is 0.515. The number of anilines is 2. The van der Waals surface area contributed by atoms with E-state index in [4.69, 9.17) is 0 Å². The predicted octanol–water partition coefficient (Wildman–Crippen LogP) is 5.95. The summed E-state index contributed by atoms with van der Waals surface area (Å²) >= 11 is 1.28. The molecule has 0 saturated heterocycles. The molecule has 0 aromatic heterocycles. The number of halogens is 3. The second-order valence-corrected chi connectivity index (χ2v) is 7.92. The monoisotopic (exact) mass is 424 g/mol. The zero-order valence-electron chi connectivity index (χ0n) is 16.2. The van der Waals surface area contributed by atoms with E-state index >= 15 is 0 Å². The molecule has 0 aliphatic heterocycles. The molecule has 0 aliphatic rings. The van der Waals surface area contributed by atoms with Crippen molar-refractivity contribution in [2.45, 2.75) is 49.4 Å². The molecule has 0 saturated carbocycles. The van der Waals surface area contributed by atoms with Gasteiger partial charge in [-0.05, 0) is 55.8 Å². The number of alkyl halides is 3. The van der Waals surface area contributed by atoms with Gasteiger partial charge in [-0.15, -0.1) is 11.8 Å². The largest absolute Gasteiger partial charge is 0.416 e. The summed E-state index contributed by atoms with van der Waals surface area (Å²) in [5, 5.41) is 4.81. The molecular formula is C21H23F3N2O2S. The van der Waals surface area contributed by atoms with Crippen LogP contribution < -0.4 is 10.6 Å². The van der Waals surface area contributed by atoms with Gasteiger partial charge in [0, 0.05) is 22.7 Å². The lowest BCUT2D eigenvalue weighted by atomic mass is 10.2. The Balaban J connectivity index is 1.92. The van der Waals surface area contributed by atoms with Crippen LogP contribution in [0.1, 0.15) is 38.7 Å². The van der Waals surface area contributed by atoms with Crippen molar-refractivity contribution < 1.29 is 22.8 Å². The summed E-state index contributed by atoms with van der Waals surface area (Å²) in [5.41, 5.74) is -0.0360. The fourth-order valence-corrected chi connectivity index (χ4v) is 3.32. The molecule has 1 atom stereocenters. The number of thioether (sulfide) groups is 1. The fourth-order valence-electron chi connectivity index (χ4n) is 2.45. The second kappa shape index (κ2) is 10.3. The Labute approximate surface area is 172 Å². The number of carbonyl (C=O) groups is 2. The van der Waals surface area contributed by atoms with Gasteiger partial charge in [0.15, 0.2) is 0 Å². The predicted molar refractivity (Wildman–Crippen MR) is 110 cm³/mol. The maximum Gasteiger partial charge on any atom is 0.416 e. The average molecular weight is 424 g/mol. The van der Waals surface area contributed by atoms with E-state index in [1.54, 1.807) is 31.2 Å². The minimum Gasteiger partial charge on any atom is -0.326 e. The highest BCUT2D eigenvalue weighted by atomic mass is 32.2. The van der Waals surface area contributed by atoms with Crippen LogP contribution in [0.2, 0.25) is 0 Å². The van der Waals surface area contributed by atoms with Crippen molar-refractivity contribution in [1.82, 2.24) is 0 Å². The zero-order valence-corrected chi connectivity index (χ0v) is 17.0. The molecule has 8 heteroatoms. The van der Waals surface area contributed by atoms with Gasteiger partial charge in [0.05, 0.1) is 10.8 Å². The van der Waals surface area contributed by atoms with E-state index in [0.29, 0.717) is 12.1 Å². The molecule has 2 N–H and O–H groups in total. The first-order chi connectivity index (χ1) is 13.7. The van der Waals surface area contributed by atoms with E-state index < -0.39 is 22.9 Å². The molecule has 29 heavy (non-hydrogen) atoms. The summed E-state index contributed by atoms with van der Waals surface area (Å²) in [6.45, 7) is 3.69. The molecule has 2 rings (SSSR count). The summed E-state index contributed by atoms with van der Waals surface area (Å²) in [4.78, 5) is 24.9. The fraction of sp³-hybridized carbons (Fsp3) is 0.333. The van der Waals surface area contributed by atoms with Crippen molar-refractivity contribution in [3.8, 4) is 0 Å². The van der Waals surface area contributed by atoms with Crippen molar-refractivity contribution in [3.05, 3.63) is 54.1 Å². The summed E-state index contributed by atoms with van der Waals surface area (Å²) in [6, 6.07) is 11.6. The number of hydrogen-bond donors (Lipinski definition) is 2. The first-order valence-corrected chi connectivity index (χ1v) is 10.1. The van der Waals surface area contributed by atoms with E-state index in [-0.39, 0.29) is 11.6 Å². The van der Waals surface area contributed by atoms with Crippen LogP contribution in [0.5, 0.6) is 0 Å².